The molecule has 0 saturated heterocycles. The van der Waals surface area contributed by atoms with Crippen molar-refractivity contribution in [3.05, 3.63) is 95.8 Å². The number of hydrogen-bond donors (Lipinski definition) is 0. The van der Waals surface area contributed by atoms with E-state index in [1.165, 1.54) is 0 Å². The quantitative estimate of drug-likeness (QED) is 0.212. The second kappa shape index (κ2) is 9.43. The van der Waals surface area contributed by atoms with Gasteiger partial charge in [-0.15, -0.1) is 0 Å². The minimum absolute atomic E-state index is 0.0285. The Morgan fingerprint density at radius 2 is 1.69 bits per heavy atom. The molecule has 0 aliphatic heterocycles. The maximum absolute atomic E-state index is 13.7. The Balaban J connectivity index is 1.67. The normalized spacial score (nSPS) is 11.7. The Hall–Kier alpha value is -4.00. The molecule has 4 rings (SSSR count). The minimum Gasteiger partial charge on any atom is -0.496 e. The molecular formula is C25H20F2N2O3. The standard InChI is InChI=1S/C25H20F2N2O3/c1-31-22-14-8-5-11-18(22)15-19(17-9-3-2-4-10-17)24(30)32-16-23-28-20-12-6-7-13-21(20)29(23)25(26)27/h2-15,25H,16H2,1H3/b19-15+. The van der Waals surface area contributed by atoms with Crippen molar-refractivity contribution in [3.8, 4) is 5.75 Å². The van der Waals surface area contributed by atoms with Gasteiger partial charge in [-0.3, -0.25) is 4.57 Å². The summed E-state index contributed by atoms with van der Waals surface area (Å²) in [5.41, 5.74) is 2.28. The van der Waals surface area contributed by atoms with Crippen molar-refractivity contribution in [1.29, 1.82) is 0 Å². The van der Waals surface area contributed by atoms with Crippen LogP contribution in [0.5, 0.6) is 5.75 Å². The number of fused-ring (bicyclic) bond motifs is 1. The van der Waals surface area contributed by atoms with Gasteiger partial charge in [0.25, 0.3) is 0 Å². The number of aromatic nitrogens is 2. The highest BCUT2D eigenvalue weighted by Gasteiger charge is 2.20. The van der Waals surface area contributed by atoms with Crippen LogP contribution in [0, 0.1) is 0 Å². The molecule has 0 amide bonds. The number of nitrogens with zero attached hydrogens (tertiary/aromatic N) is 2. The van der Waals surface area contributed by atoms with Gasteiger partial charge in [0.05, 0.1) is 23.7 Å². The first-order valence-corrected chi connectivity index (χ1v) is 9.89. The van der Waals surface area contributed by atoms with E-state index in [0.717, 1.165) is 4.57 Å². The molecule has 3 aromatic carbocycles. The van der Waals surface area contributed by atoms with Gasteiger partial charge < -0.3 is 9.47 Å². The maximum Gasteiger partial charge on any atom is 0.339 e. The number of alkyl halides is 2. The van der Waals surface area contributed by atoms with Crippen LogP contribution < -0.4 is 4.74 Å². The molecule has 0 radical (unpaired) electrons. The average molecular weight is 434 g/mol. The number of hydrogen-bond acceptors (Lipinski definition) is 4. The Morgan fingerprint density at radius 3 is 2.44 bits per heavy atom. The topological polar surface area (TPSA) is 53.4 Å². The van der Waals surface area contributed by atoms with Crippen LogP contribution in [0.3, 0.4) is 0 Å². The zero-order chi connectivity index (χ0) is 22.5. The lowest BCUT2D eigenvalue weighted by atomic mass is 10.0. The van der Waals surface area contributed by atoms with Crippen molar-refractivity contribution >= 4 is 28.7 Å². The molecular weight excluding hydrogens is 414 g/mol. The van der Waals surface area contributed by atoms with Gasteiger partial charge in [0.15, 0.2) is 5.82 Å². The number of carbonyl (C=O) groups excluding carboxylic acids is 1. The fourth-order valence-electron chi connectivity index (χ4n) is 3.44. The molecule has 0 N–H and O–H groups in total. The molecule has 0 spiro atoms. The third-order valence-corrected chi connectivity index (χ3v) is 4.94. The van der Waals surface area contributed by atoms with Crippen LogP contribution in [0.15, 0.2) is 78.9 Å². The van der Waals surface area contributed by atoms with Crippen molar-refractivity contribution in [2.45, 2.75) is 13.2 Å². The van der Waals surface area contributed by atoms with E-state index in [9.17, 15) is 13.6 Å². The zero-order valence-corrected chi connectivity index (χ0v) is 17.2. The average Bonchev–Trinajstić information content (AvgIpc) is 3.20. The monoisotopic (exact) mass is 434 g/mol. The first kappa shape index (κ1) is 21.2. The van der Waals surface area contributed by atoms with Gasteiger partial charge in [0, 0.05) is 5.56 Å². The van der Waals surface area contributed by atoms with Crippen molar-refractivity contribution in [3.63, 3.8) is 0 Å². The fraction of sp³-hybridized carbons (Fsp3) is 0.120. The molecule has 1 aromatic heterocycles. The highest BCUT2D eigenvalue weighted by molar-refractivity contribution is 6.21. The zero-order valence-electron chi connectivity index (χ0n) is 17.2. The number of esters is 1. The lowest BCUT2D eigenvalue weighted by Gasteiger charge is -2.12. The highest BCUT2D eigenvalue weighted by Crippen LogP contribution is 2.27. The van der Waals surface area contributed by atoms with Gasteiger partial charge in [0.1, 0.15) is 12.4 Å². The molecule has 0 aliphatic carbocycles. The van der Waals surface area contributed by atoms with E-state index in [2.05, 4.69) is 4.98 Å². The van der Waals surface area contributed by atoms with E-state index in [1.54, 1.807) is 67.8 Å². The van der Waals surface area contributed by atoms with Crippen molar-refractivity contribution in [1.82, 2.24) is 9.55 Å². The summed E-state index contributed by atoms with van der Waals surface area (Å²) < 4.78 is 38.9. The smallest absolute Gasteiger partial charge is 0.339 e. The van der Waals surface area contributed by atoms with E-state index in [-0.39, 0.29) is 16.9 Å². The lowest BCUT2D eigenvalue weighted by molar-refractivity contribution is -0.138. The van der Waals surface area contributed by atoms with E-state index < -0.39 is 19.1 Å². The number of rotatable bonds is 7. The summed E-state index contributed by atoms with van der Waals surface area (Å²) in [6, 6.07) is 22.8. The molecule has 0 unspecified atom stereocenters. The molecule has 32 heavy (non-hydrogen) atoms. The second-order valence-electron chi connectivity index (χ2n) is 6.91. The summed E-state index contributed by atoms with van der Waals surface area (Å²) in [4.78, 5) is 17.3. The Morgan fingerprint density at radius 1 is 1.00 bits per heavy atom. The van der Waals surface area contributed by atoms with Crippen LogP contribution >= 0.6 is 0 Å². The van der Waals surface area contributed by atoms with E-state index in [4.69, 9.17) is 9.47 Å². The molecule has 0 saturated carbocycles. The van der Waals surface area contributed by atoms with Gasteiger partial charge >= 0.3 is 12.5 Å². The van der Waals surface area contributed by atoms with Crippen molar-refractivity contribution in [2.75, 3.05) is 7.11 Å². The third kappa shape index (κ3) is 4.37. The maximum atomic E-state index is 13.7. The Kier molecular flexibility index (Phi) is 6.26. The molecule has 4 aromatic rings. The van der Waals surface area contributed by atoms with Gasteiger partial charge in [0.2, 0.25) is 0 Å². The largest absolute Gasteiger partial charge is 0.496 e. The summed E-state index contributed by atoms with van der Waals surface area (Å²) in [7, 11) is 1.54. The number of methoxy groups -OCH3 is 1. The summed E-state index contributed by atoms with van der Waals surface area (Å²) in [5, 5.41) is 0. The number of imidazole rings is 1. The second-order valence-corrected chi connectivity index (χ2v) is 6.91. The molecule has 1 heterocycles. The number of halogens is 2. The number of para-hydroxylation sites is 3. The highest BCUT2D eigenvalue weighted by atomic mass is 19.3. The van der Waals surface area contributed by atoms with Gasteiger partial charge in [-0.05, 0) is 29.8 Å². The van der Waals surface area contributed by atoms with Crippen LogP contribution in [0.4, 0.5) is 8.78 Å². The van der Waals surface area contributed by atoms with E-state index >= 15 is 0 Å². The Labute approximate surface area is 183 Å². The number of ether oxygens (including phenoxy) is 2. The SMILES string of the molecule is COc1ccccc1/C=C(/C(=O)OCc1nc2ccccc2n1C(F)F)c1ccccc1. The molecule has 0 bridgehead atoms. The van der Waals surface area contributed by atoms with Gasteiger partial charge in [-0.1, -0.05) is 60.7 Å². The molecule has 0 fully saturated rings. The summed E-state index contributed by atoms with van der Waals surface area (Å²) in [6.45, 7) is -3.21. The van der Waals surface area contributed by atoms with Crippen LogP contribution in [-0.4, -0.2) is 22.6 Å². The molecule has 5 nitrogen and oxygen atoms in total. The predicted molar refractivity (Wildman–Crippen MR) is 118 cm³/mol. The molecule has 162 valence electrons. The number of benzene rings is 3. The van der Waals surface area contributed by atoms with Gasteiger partial charge in [-0.2, -0.15) is 8.78 Å². The lowest BCUT2D eigenvalue weighted by Crippen LogP contribution is -2.11. The first-order chi connectivity index (χ1) is 15.6. The van der Waals surface area contributed by atoms with Crippen LogP contribution in [-0.2, 0) is 16.1 Å². The number of carbonyl (C=O) groups is 1. The van der Waals surface area contributed by atoms with Crippen LogP contribution in [0.25, 0.3) is 22.7 Å². The van der Waals surface area contributed by atoms with Crippen LogP contribution in [0.2, 0.25) is 0 Å². The van der Waals surface area contributed by atoms with E-state index in [1.807, 2.05) is 24.3 Å². The third-order valence-electron chi connectivity index (χ3n) is 4.94. The first-order valence-electron chi connectivity index (χ1n) is 9.89. The Bertz CT molecular complexity index is 1270. The summed E-state index contributed by atoms with van der Waals surface area (Å²) >= 11 is 0. The van der Waals surface area contributed by atoms with E-state index in [0.29, 0.717) is 22.4 Å². The molecule has 0 atom stereocenters. The fourth-order valence-corrected chi connectivity index (χ4v) is 3.44. The molecule has 7 heteroatoms. The van der Waals surface area contributed by atoms with Crippen molar-refractivity contribution < 1.29 is 23.0 Å². The summed E-state index contributed by atoms with van der Waals surface area (Å²) in [5.74, 6) is -0.0949. The minimum atomic E-state index is -2.81. The molecule has 0 aliphatic rings. The predicted octanol–water partition coefficient (Wildman–Crippen LogP) is 5.72. The summed E-state index contributed by atoms with van der Waals surface area (Å²) in [6.07, 6.45) is 1.66. The van der Waals surface area contributed by atoms with Crippen molar-refractivity contribution in [2.24, 2.45) is 0 Å². The van der Waals surface area contributed by atoms with Crippen LogP contribution in [0.1, 0.15) is 23.5 Å². The van der Waals surface area contributed by atoms with Gasteiger partial charge in [-0.25, -0.2) is 9.78 Å².